The van der Waals surface area contributed by atoms with Crippen LogP contribution in [0.15, 0.2) is 42.9 Å². The topological polar surface area (TPSA) is 112 Å². The second-order valence-corrected chi connectivity index (χ2v) is 5.15. The normalized spacial score (nSPS) is 11.0. The van der Waals surface area contributed by atoms with Crippen molar-refractivity contribution in [2.45, 2.75) is 0 Å². The van der Waals surface area contributed by atoms with Crippen LogP contribution >= 0.6 is 0 Å². The van der Waals surface area contributed by atoms with Gasteiger partial charge in [-0.3, -0.25) is 0 Å². The van der Waals surface area contributed by atoms with Crippen molar-refractivity contribution in [2.75, 3.05) is 23.8 Å². The maximum absolute atomic E-state index is 9.02. The molecule has 0 bridgehead atoms. The van der Waals surface area contributed by atoms with Crippen LogP contribution in [0.1, 0.15) is 0 Å². The van der Waals surface area contributed by atoms with Crippen LogP contribution in [0, 0.1) is 0 Å². The molecule has 4 aromatic rings. The number of aromatic amines is 1. The summed E-state index contributed by atoms with van der Waals surface area (Å²) in [5.41, 5.74) is 1.23. The molecule has 1 aromatic carbocycles. The van der Waals surface area contributed by atoms with Crippen molar-refractivity contribution in [3.05, 3.63) is 42.9 Å². The Hall–Kier alpha value is -3.26. The van der Waals surface area contributed by atoms with E-state index in [-0.39, 0.29) is 6.61 Å². The van der Waals surface area contributed by atoms with Gasteiger partial charge in [0, 0.05) is 18.1 Å². The molecule has 120 valence electrons. The van der Waals surface area contributed by atoms with E-state index >= 15 is 0 Å². The number of aliphatic hydroxyl groups excluding tert-OH is 1. The molecule has 0 saturated carbocycles. The number of nitrogens with one attached hydrogen (secondary N) is 3. The summed E-state index contributed by atoms with van der Waals surface area (Å²) in [6.07, 6.45) is 3.30. The smallest absolute Gasteiger partial charge is 0.232 e. The number of aliphatic hydroxyl groups is 1. The molecule has 8 heteroatoms. The Balaban J connectivity index is 1.76. The number of anilines is 3. The highest BCUT2D eigenvalue weighted by Gasteiger charge is 2.11. The number of nitrogens with zero attached hydrogens (tertiary/aromatic N) is 4. The van der Waals surface area contributed by atoms with E-state index in [2.05, 4.69) is 35.6 Å². The summed E-state index contributed by atoms with van der Waals surface area (Å²) in [6.45, 7) is 0.393. The minimum atomic E-state index is 0.00722. The Morgan fingerprint density at radius 2 is 1.96 bits per heavy atom. The fourth-order valence-electron chi connectivity index (χ4n) is 2.52. The Kier molecular flexibility index (Phi) is 3.64. The molecule has 24 heavy (non-hydrogen) atoms. The van der Waals surface area contributed by atoms with Gasteiger partial charge >= 0.3 is 0 Å². The summed E-state index contributed by atoms with van der Waals surface area (Å²) in [5.74, 6) is 1.64. The van der Waals surface area contributed by atoms with Crippen LogP contribution in [0.5, 0.6) is 0 Å². The van der Waals surface area contributed by atoms with E-state index in [1.807, 2.05) is 30.3 Å². The van der Waals surface area contributed by atoms with E-state index in [0.29, 0.717) is 35.3 Å². The van der Waals surface area contributed by atoms with Gasteiger partial charge in [0.25, 0.3) is 0 Å². The Bertz CT molecular complexity index is 993. The van der Waals surface area contributed by atoms with Crippen molar-refractivity contribution in [3.8, 4) is 0 Å². The van der Waals surface area contributed by atoms with Crippen LogP contribution in [0.3, 0.4) is 0 Å². The number of hydrogen-bond acceptors (Lipinski definition) is 7. The third-order valence-corrected chi connectivity index (χ3v) is 3.59. The first-order valence-corrected chi connectivity index (χ1v) is 7.52. The average molecular weight is 321 g/mol. The first-order valence-electron chi connectivity index (χ1n) is 7.52. The van der Waals surface area contributed by atoms with E-state index in [1.165, 1.54) is 0 Å². The van der Waals surface area contributed by atoms with Gasteiger partial charge in [0.05, 0.1) is 12.9 Å². The molecule has 8 nitrogen and oxygen atoms in total. The molecular weight excluding hydrogens is 306 g/mol. The summed E-state index contributed by atoms with van der Waals surface area (Å²) in [6, 6.07) is 9.90. The average Bonchev–Trinajstić information content (AvgIpc) is 3.09. The van der Waals surface area contributed by atoms with Gasteiger partial charge in [0.2, 0.25) is 5.95 Å². The minimum Gasteiger partial charge on any atom is -0.395 e. The third-order valence-electron chi connectivity index (χ3n) is 3.59. The highest BCUT2D eigenvalue weighted by molar-refractivity contribution is 5.93. The van der Waals surface area contributed by atoms with Crippen LogP contribution in [0.25, 0.3) is 21.9 Å². The fraction of sp³-hybridized carbons (Fsp3) is 0.125. The van der Waals surface area contributed by atoms with Crippen LogP contribution < -0.4 is 10.6 Å². The van der Waals surface area contributed by atoms with Gasteiger partial charge in [-0.25, -0.2) is 9.97 Å². The maximum atomic E-state index is 9.02. The second kappa shape index (κ2) is 6.09. The third kappa shape index (κ3) is 2.59. The molecule has 0 spiro atoms. The van der Waals surface area contributed by atoms with E-state index < -0.39 is 0 Å². The quantitative estimate of drug-likeness (QED) is 0.445. The zero-order chi connectivity index (χ0) is 16.4. The largest absolute Gasteiger partial charge is 0.395 e. The summed E-state index contributed by atoms with van der Waals surface area (Å²) < 4.78 is 0. The molecule has 0 radical (unpaired) electrons. The monoisotopic (exact) mass is 321 g/mol. The predicted octanol–water partition coefficient (Wildman–Crippen LogP) is 2.05. The molecule has 0 aliphatic rings. The van der Waals surface area contributed by atoms with Crippen LogP contribution in [-0.2, 0) is 0 Å². The lowest BCUT2D eigenvalue weighted by atomic mass is 10.1. The van der Waals surface area contributed by atoms with Gasteiger partial charge < -0.3 is 20.7 Å². The predicted molar refractivity (Wildman–Crippen MR) is 92.3 cm³/mol. The molecule has 3 aromatic heterocycles. The number of benzene rings is 1. The fourth-order valence-corrected chi connectivity index (χ4v) is 2.52. The summed E-state index contributed by atoms with van der Waals surface area (Å²) >= 11 is 0. The first kappa shape index (κ1) is 14.3. The molecule has 0 aliphatic heterocycles. The van der Waals surface area contributed by atoms with Crippen molar-refractivity contribution in [3.63, 3.8) is 0 Å². The Morgan fingerprint density at radius 3 is 2.88 bits per heavy atom. The van der Waals surface area contributed by atoms with Gasteiger partial charge in [-0.1, -0.05) is 24.3 Å². The zero-order valence-corrected chi connectivity index (χ0v) is 12.7. The first-order chi connectivity index (χ1) is 11.8. The lowest BCUT2D eigenvalue weighted by molar-refractivity contribution is 0.311. The molecule has 4 N–H and O–H groups in total. The molecule has 0 atom stereocenters. The van der Waals surface area contributed by atoms with Crippen LogP contribution in [0.4, 0.5) is 17.6 Å². The van der Waals surface area contributed by atoms with Crippen molar-refractivity contribution in [1.29, 1.82) is 0 Å². The Morgan fingerprint density at radius 1 is 1.04 bits per heavy atom. The SMILES string of the molecule is OCCNc1nc(Nc2nccc3ccccc23)nc2nc[nH]c12. The Labute approximate surface area is 137 Å². The molecule has 0 unspecified atom stereocenters. The summed E-state index contributed by atoms with van der Waals surface area (Å²) in [5, 5.41) is 17.3. The summed E-state index contributed by atoms with van der Waals surface area (Å²) in [4.78, 5) is 20.4. The molecule has 0 amide bonds. The van der Waals surface area contributed by atoms with Gasteiger partial charge in [-0.2, -0.15) is 9.97 Å². The lowest BCUT2D eigenvalue weighted by Gasteiger charge is -2.10. The van der Waals surface area contributed by atoms with E-state index in [1.54, 1.807) is 12.5 Å². The molecule has 0 saturated heterocycles. The van der Waals surface area contributed by atoms with Crippen LogP contribution in [0.2, 0.25) is 0 Å². The van der Waals surface area contributed by atoms with Crippen molar-refractivity contribution >= 4 is 39.5 Å². The standard InChI is InChI=1S/C16H15N7O/c24-8-7-18-14-12-15(20-9-19-12)23-16(22-14)21-13-11-4-2-1-3-10(11)5-6-17-13/h1-6,9,24H,7-8H2,(H3,17,18,19,20,21,22,23). The van der Waals surface area contributed by atoms with Crippen LogP contribution in [-0.4, -0.2) is 43.2 Å². The molecule has 3 heterocycles. The van der Waals surface area contributed by atoms with Crippen molar-refractivity contribution < 1.29 is 5.11 Å². The lowest BCUT2D eigenvalue weighted by Crippen LogP contribution is -2.09. The highest BCUT2D eigenvalue weighted by atomic mass is 16.3. The molecule has 4 rings (SSSR count). The van der Waals surface area contributed by atoms with E-state index in [4.69, 9.17) is 5.11 Å². The van der Waals surface area contributed by atoms with Gasteiger partial charge in [0.15, 0.2) is 11.5 Å². The number of aromatic nitrogens is 5. The van der Waals surface area contributed by atoms with Gasteiger partial charge in [-0.05, 0) is 11.5 Å². The second-order valence-electron chi connectivity index (χ2n) is 5.15. The van der Waals surface area contributed by atoms with Crippen molar-refractivity contribution in [2.24, 2.45) is 0 Å². The number of fused-ring (bicyclic) bond motifs is 2. The number of pyridine rings is 1. The highest BCUT2D eigenvalue weighted by Crippen LogP contribution is 2.24. The number of imidazole rings is 1. The molecule has 0 aliphatic carbocycles. The molecule has 0 fully saturated rings. The molecular formula is C16H15N7O. The number of H-pyrrole nitrogens is 1. The van der Waals surface area contributed by atoms with E-state index in [9.17, 15) is 0 Å². The number of hydrogen-bond donors (Lipinski definition) is 4. The summed E-state index contributed by atoms with van der Waals surface area (Å²) in [7, 11) is 0. The van der Waals surface area contributed by atoms with Gasteiger partial charge in [-0.15, -0.1) is 0 Å². The minimum absolute atomic E-state index is 0.00722. The van der Waals surface area contributed by atoms with Crippen molar-refractivity contribution in [1.82, 2.24) is 24.9 Å². The number of rotatable bonds is 5. The zero-order valence-electron chi connectivity index (χ0n) is 12.7. The van der Waals surface area contributed by atoms with E-state index in [0.717, 1.165) is 10.8 Å². The van der Waals surface area contributed by atoms with Gasteiger partial charge in [0.1, 0.15) is 11.3 Å². The maximum Gasteiger partial charge on any atom is 0.232 e.